The molecule has 1 amide bonds. The number of hydrogen-bond acceptors (Lipinski definition) is 4. The van der Waals surface area contributed by atoms with Crippen molar-refractivity contribution in [1.82, 2.24) is 5.32 Å². The number of carbonyl (C=O) groups excluding carboxylic acids is 1. The number of hydrogen-bond donors (Lipinski definition) is 2. The van der Waals surface area contributed by atoms with Gasteiger partial charge in [0.25, 0.3) is 5.91 Å². The van der Waals surface area contributed by atoms with Crippen LogP contribution in [0.3, 0.4) is 0 Å². The molecule has 20 heavy (non-hydrogen) atoms. The van der Waals surface area contributed by atoms with E-state index in [1.807, 2.05) is 26.0 Å². The van der Waals surface area contributed by atoms with Crippen LogP contribution in [0.5, 0.6) is 11.5 Å². The molecule has 1 aromatic carbocycles. The molecule has 0 saturated carbocycles. The molecular weight excluding hydrogens is 256 g/mol. The van der Waals surface area contributed by atoms with Crippen molar-refractivity contribution in [3.8, 4) is 11.5 Å². The van der Waals surface area contributed by atoms with E-state index >= 15 is 0 Å². The lowest BCUT2D eigenvalue weighted by atomic mass is 10.1. The summed E-state index contributed by atoms with van der Waals surface area (Å²) in [6, 6.07) is 5.59. The van der Waals surface area contributed by atoms with Gasteiger partial charge in [0.1, 0.15) is 11.5 Å². The molecule has 0 aliphatic rings. The Labute approximate surface area is 120 Å². The third kappa shape index (κ3) is 5.48. The smallest absolute Gasteiger partial charge is 0.257 e. The molecule has 0 saturated heterocycles. The minimum absolute atomic E-state index is 0.000873. The molecule has 0 heterocycles. The molecule has 0 aliphatic carbocycles. The van der Waals surface area contributed by atoms with E-state index in [0.717, 1.165) is 12.0 Å². The summed E-state index contributed by atoms with van der Waals surface area (Å²) in [6.07, 6.45) is 1.59. The van der Waals surface area contributed by atoms with Crippen LogP contribution in [0, 0.1) is 0 Å². The van der Waals surface area contributed by atoms with Crippen molar-refractivity contribution in [1.29, 1.82) is 0 Å². The molecule has 0 aromatic heterocycles. The molecule has 5 heteroatoms. The van der Waals surface area contributed by atoms with Crippen LogP contribution in [0.1, 0.15) is 25.8 Å². The highest BCUT2D eigenvalue weighted by Crippen LogP contribution is 2.25. The van der Waals surface area contributed by atoms with Gasteiger partial charge in [0.15, 0.2) is 6.61 Å². The zero-order chi connectivity index (χ0) is 15.0. The van der Waals surface area contributed by atoms with Crippen molar-refractivity contribution in [3.63, 3.8) is 0 Å². The van der Waals surface area contributed by atoms with Crippen molar-refractivity contribution in [2.24, 2.45) is 5.73 Å². The van der Waals surface area contributed by atoms with Crippen LogP contribution >= 0.6 is 0 Å². The zero-order valence-corrected chi connectivity index (χ0v) is 12.4. The fraction of sp³-hybridized carbons (Fsp3) is 0.533. The monoisotopic (exact) mass is 280 g/mol. The first-order valence-electron chi connectivity index (χ1n) is 6.88. The lowest BCUT2D eigenvalue weighted by Gasteiger charge is -2.14. The molecule has 0 bridgehead atoms. The van der Waals surface area contributed by atoms with E-state index in [1.165, 1.54) is 0 Å². The molecule has 0 fully saturated rings. The molecule has 1 atom stereocenters. The van der Waals surface area contributed by atoms with Crippen molar-refractivity contribution < 1.29 is 14.3 Å². The lowest BCUT2D eigenvalue weighted by molar-refractivity contribution is -0.123. The summed E-state index contributed by atoms with van der Waals surface area (Å²) in [6.45, 7) is 4.60. The van der Waals surface area contributed by atoms with Gasteiger partial charge in [-0.3, -0.25) is 4.79 Å². The topological polar surface area (TPSA) is 73.6 Å². The van der Waals surface area contributed by atoms with Crippen LogP contribution in [0.25, 0.3) is 0 Å². The Morgan fingerprint density at radius 2 is 2.20 bits per heavy atom. The minimum atomic E-state index is -0.124. The number of methoxy groups -OCH3 is 1. The molecule has 1 rings (SSSR count). The fourth-order valence-corrected chi connectivity index (χ4v) is 1.77. The summed E-state index contributed by atoms with van der Waals surface area (Å²) in [4.78, 5) is 11.6. The summed E-state index contributed by atoms with van der Waals surface area (Å²) >= 11 is 0. The van der Waals surface area contributed by atoms with E-state index in [-0.39, 0.29) is 18.6 Å². The average molecular weight is 280 g/mol. The van der Waals surface area contributed by atoms with Gasteiger partial charge in [-0.05, 0) is 31.4 Å². The predicted octanol–water partition coefficient (Wildman–Crippen LogP) is 1.49. The Kier molecular flexibility index (Phi) is 6.87. The molecule has 3 N–H and O–H groups in total. The number of nitrogens with two attached hydrogens (primary N) is 1. The maximum atomic E-state index is 11.6. The molecule has 1 aromatic rings. The van der Waals surface area contributed by atoms with E-state index in [0.29, 0.717) is 24.5 Å². The van der Waals surface area contributed by atoms with Gasteiger partial charge in [0, 0.05) is 18.7 Å². The van der Waals surface area contributed by atoms with E-state index in [9.17, 15) is 4.79 Å². The second-order valence-corrected chi connectivity index (χ2v) is 4.79. The Hall–Kier alpha value is -1.75. The molecule has 112 valence electrons. The first-order chi connectivity index (χ1) is 9.56. The Morgan fingerprint density at radius 3 is 2.80 bits per heavy atom. The van der Waals surface area contributed by atoms with Gasteiger partial charge in [-0.25, -0.2) is 0 Å². The SMILES string of the molecule is CCCNC(=O)COc1cc(OC)ccc1CC(C)N. The van der Waals surface area contributed by atoms with Gasteiger partial charge in [-0.1, -0.05) is 13.0 Å². The van der Waals surface area contributed by atoms with E-state index in [4.69, 9.17) is 15.2 Å². The maximum Gasteiger partial charge on any atom is 0.257 e. The predicted molar refractivity (Wildman–Crippen MR) is 79.1 cm³/mol. The summed E-state index contributed by atoms with van der Waals surface area (Å²) in [5.74, 6) is 1.22. The van der Waals surface area contributed by atoms with Crippen molar-refractivity contribution in [3.05, 3.63) is 23.8 Å². The minimum Gasteiger partial charge on any atom is -0.497 e. The summed E-state index contributed by atoms with van der Waals surface area (Å²) in [5, 5.41) is 2.77. The summed E-state index contributed by atoms with van der Waals surface area (Å²) in [5.41, 5.74) is 6.80. The standard InChI is InChI=1S/C15H24N2O3/c1-4-7-17-15(18)10-20-14-9-13(19-3)6-5-12(14)8-11(2)16/h5-6,9,11H,4,7-8,10,16H2,1-3H3,(H,17,18). The third-order valence-electron chi connectivity index (χ3n) is 2.75. The number of nitrogens with one attached hydrogen (secondary N) is 1. The number of ether oxygens (including phenoxy) is 2. The van der Waals surface area contributed by atoms with E-state index in [1.54, 1.807) is 13.2 Å². The van der Waals surface area contributed by atoms with Gasteiger partial charge < -0.3 is 20.5 Å². The first-order valence-corrected chi connectivity index (χ1v) is 6.88. The Morgan fingerprint density at radius 1 is 1.45 bits per heavy atom. The van der Waals surface area contributed by atoms with Crippen LogP contribution in [0.2, 0.25) is 0 Å². The van der Waals surface area contributed by atoms with Crippen molar-refractivity contribution in [2.45, 2.75) is 32.7 Å². The molecule has 0 aliphatic heterocycles. The number of carbonyl (C=O) groups is 1. The van der Waals surface area contributed by atoms with Crippen molar-refractivity contribution >= 4 is 5.91 Å². The average Bonchev–Trinajstić information content (AvgIpc) is 2.43. The largest absolute Gasteiger partial charge is 0.497 e. The fourth-order valence-electron chi connectivity index (χ4n) is 1.77. The highest BCUT2D eigenvalue weighted by Gasteiger charge is 2.10. The van der Waals surface area contributed by atoms with Crippen LogP contribution in [0.15, 0.2) is 18.2 Å². The van der Waals surface area contributed by atoms with E-state index < -0.39 is 0 Å². The second-order valence-electron chi connectivity index (χ2n) is 4.79. The molecule has 0 radical (unpaired) electrons. The maximum absolute atomic E-state index is 11.6. The van der Waals surface area contributed by atoms with Crippen LogP contribution in [0.4, 0.5) is 0 Å². The van der Waals surface area contributed by atoms with Crippen LogP contribution < -0.4 is 20.5 Å². The highest BCUT2D eigenvalue weighted by molar-refractivity contribution is 5.77. The Balaban J connectivity index is 2.71. The number of benzene rings is 1. The number of amides is 1. The van der Waals surface area contributed by atoms with Gasteiger partial charge in [-0.15, -0.1) is 0 Å². The second kappa shape index (κ2) is 8.43. The summed E-state index contributed by atoms with van der Waals surface area (Å²) in [7, 11) is 1.60. The van der Waals surface area contributed by atoms with Crippen molar-refractivity contribution in [2.75, 3.05) is 20.3 Å². The molecule has 0 spiro atoms. The van der Waals surface area contributed by atoms with E-state index in [2.05, 4.69) is 5.32 Å². The quantitative estimate of drug-likeness (QED) is 0.756. The van der Waals surface area contributed by atoms with Crippen LogP contribution in [-0.4, -0.2) is 32.2 Å². The van der Waals surface area contributed by atoms with Gasteiger partial charge in [0.05, 0.1) is 7.11 Å². The Bertz CT molecular complexity index is 433. The highest BCUT2D eigenvalue weighted by atomic mass is 16.5. The first kappa shape index (κ1) is 16.3. The molecular formula is C15H24N2O3. The number of rotatable bonds is 8. The lowest BCUT2D eigenvalue weighted by Crippen LogP contribution is -2.29. The third-order valence-corrected chi connectivity index (χ3v) is 2.75. The van der Waals surface area contributed by atoms with Gasteiger partial charge in [0.2, 0.25) is 0 Å². The van der Waals surface area contributed by atoms with Gasteiger partial charge >= 0.3 is 0 Å². The van der Waals surface area contributed by atoms with Gasteiger partial charge in [-0.2, -0.15) is 0 Å². The van der Waals surface area contributed by atoms with Crippen LogP contribution in [-0.2, 0) is 11.2 Å². The normalized spacial score (nSPS) is 11.8. The molecule has 1 unspecified atom stereocenters. The molecule has 5 nitrogen and oxygen atoms in total. The zero-order valence-electron chi connectivity index (χ0n) is 12.4. The summed E-state index contributed by atoms with van der Waals surface area (Å²) < 4.78 is 10.8.